The molecule has 0 radical (unpaired) electrons. The molecule has 0 bridgehead atoms. The summed E-state index contributed by atoms with van der Waals surface area (Å²) in [6, 6.07) is -0.835. The molecule has 0 spiro atoms. The molecule has 0 rings (SSSR count). The predicted molar refractivity (Wildman–Crippen MR) is 70.1 cm³/mol. The van der Waals surface area contributed by atoms with Gasteiger partial charge >= 0.3 is 5.97 Å². The molecule has 2 atom stereocenters. The fourth-order valence-electron chi connectivity index (χ4n) is 1.10. The highest BCUT2D eigenvalue weighted by atomic mass is 32.2. The molecule has 0 heterocycles. The first-order chi connectivity index (χ1) is 7.99. The average molecular weight is 262 g/mol. The number of rotatable bonds is 9. The first-order valence-electron chi connectivity index (χ1n) is 5.86. The van der Waals surface area contributed by atoms with Gasteiger partial charge in [0.15, 0.2) is 0 Å². The van der Waals surface area contributed by atoms with E-state index < -0.39 is 12.0 Å². The van der Waals surface area contributed by atoms with Gasteiger partial charge in [0, 0.05) is 6.54 Å². The van der Waals surface area contributed by atoms with E-state index in [1.165, 1.54) is 11.8 Å². The molecule has 100 valence electrons. The molecule has 0 aliphatic rings. The van der Waals surface area contributed by atoms with Crippen LogP contribution in [0.2, 0.25) is 0 Å². The van der Waals surface area contributed by atoms with Crippen LogP contribution in [0.25, 0.3) is 0 Å². The lowest BCUT2D eigenvalue weighted by Crippen LogP contribution is -2.33. The molecular weight excluding hydrogens is 240 g/mol. The predicted octanol–water partition coefficient (Wildman–Crippen LogP) is 0.826. The molecule has 0 saturated heterocycles. The molecule has 2 unspecified atom stereocenters. The van der Waals surface area contributed by atoms with Crippen molar-refractivity contribution in [3.8, 4) is 0 Å². The van der Waals surface area contributed by atoms with Crippen molar-refractivity contribution in [1.29, 1.82) is 0 Å². The van der Waals surface area contributed by atoms with Crippen LogP contribution in [0.15, 0.2) is 0 Å². The van der Waals surface area contributed by atoms with Crippen molar-refractivity contribution in [3.63, 3.8) is 0 Å². The van der Waals surface area contributed by atoms with Gasteiger partial charge < -0.3 is 16.2 Å². The normalized spacial score (nSPS) is 14.1. The van der Waals surface area contributed by atoms with Crippen molar-refractivity contribution in [2.24, 2.45) is 5.73 Å². The summed E-state index contributed by atoms with van der Waals surface area (Å²) in [6.07, 6.45) is 2.41. The maximum atomic E-state index is 11.5. The van der Waals surface area contributed by atoms with Crippen LogP contribution in [0.4, 0.5) is 0 Å². The number of hydrogen-bond donors (Lipinski definition) is 3. The largest absolute Gasteiger partial charge is 0.480 e. The van der Waals surface area contributed by atoms with E-state index in [2.05, 4.69) is 12.2 Å². The summed E-state index contributed by atoms with van der Waals surface area (Å²) in [5, 5.41) is 11.3. The van der Waals surface area contributed by atoms with Gasteiger partial charge in [-0.05, 0) is 25.5 Å². The second-order valence-electron chi connectivity index (χ2n) is 3.89. The summed E-state index contributed by atoms with van der Waals surface area (Å²) in [4.78, 5) is 22.0. The third-order valence-electron chi connectivity index (χ3n) is 2.31. The number of carboxylic acids is 1. The third kappa shape index (κ3) is 8.04. The van der Waals surface area contributed by atoms with Crippen molar-refractivity contribution in [3.05, 3.63) is 0 Å². The van der Waals surface area contributed by atoms with Crippen LogP contribution < -0.4 is 11.1 Å². The maximum Gasteiger partial charge on any atom is 0.320 e. The van der Waals surface area contributed by atoms with Gasteiger partial charge in [-0.2, -0.15) is 0 Å². The van der Waals surface area contributed by atoms with Crippen LogP contribution in [0.1, 0.15) is 33.1 Å². The molecule has 0 fully saturated rings. The Balaban J connectivity index is 3.67. The van der Waals surface area contributed by atoms with E-state index in [9.17, 15) is 9.59 Å². The van der Waals surface area contributed by atoms with Gasteiger partial charge in [-0.1, -0.05) is 13.3 Å². The van der Waals surface area contributed by atoms with E-state index in [4.69, 9.17) is 10.8 Å². The second-order valence-corrected chi connectivity index (χ2v) is 5.34. The molecule has 17 heavy (non-hydrogen) atoms. The topological polar surface area (TPSA) is 92.4 Å². The summed E-state index contributed by atoms with van der Waals surface area (Å²) in [5.74, 6) is -0.409. The number of nitrogens with one attached hydrogen (secondary N) is 1. The Morgan fingerprint density at radius 3 is 2.65 bits per heavy atom. The number of nitrogens with two attached hydrogens (primary N) is 1. The summed E-state index contributed by atoms with van der Waals surface area (Å²) < 4.78 is 0. The molecule has 0 aromatic heterocycles. The third-order valence-corrected chi connectivity index (χ3v) is 3.50. The standard InChI is InChI=1S/C11H22N2O3S/c1-3-4-6-13-10(14)8(2)17-7-5-9(12)11(15)16/h8-9H,3-7,12H2,1-2H3,(H,13,14)(H,15,16). The molecule has 4 N–H and O–H groups in total. The highest BCUT2D eigenvalue weighted by molar-refractivity contribution is 8.00. The number of carbonyl (C=O) groups excluding carboxylic acids is 1. The van der Waals surface area contributed by atoms with Gasteiger partial charge in [-0.15, -0.1) is 11.8 Å². The molecule has 0 aromatic rings. The fraction of sp³-hybridized carbons (Fsp3) is 0.818. The smallest absolute Gasteiger partial charge is 0.320 e. The Morgan fingerprint density at radius 2 is 2.12 bits per heavy atom. The molecule has 6 heteroatoms. The van der Waals surface area contributed by atoms with Gasteiger partial charge in [0.1, 0.15) is 6.04 Å². The molecule has 1 amide bonds. The number of amides is 1. The molecule has 0 aliphatic heterocycles. The van der Waals surface area contributed by atoms with E-state index in [1.807, 2.05) is 6.92 Å². The van der Waals surface area contributed by atoms with Crippen LogP contribution in [0.5, 0.6) is 0 Å². The monoisotopic (exact) mass is 262 g/mol. The van der Waals surface area contributed by atoms with Crippen molar-refractivity contribution < 1.29 is 14.7 Å². The van der Waals surface area contributed by atoms with Gasteiger partial charge in [0.2, 0.25) is 5.91 Å². The Labute approximate surface area is 107 Å². The molecular formula is C11H22N2O3S. The lowest BCUT2D eigenvalue weighted by Gasteiger charge is -2.12. The van der Waals surface area contributed by atoms with E-state index in [-0.39, 0.29) is 11.2 Å². The average Bonchev–Trinajstić information content (AvgIpc) is 2.28. The van der Waals surface area contributed by atoms with Gasteiger partial charge in [-0.25, -0.2) is 0 Å². The van der Waals surface area contributed by atoms with Crippen molar-refractivity contribution in [2.45, 2.75) is 44.4 Å². The second kappa shape index (κ2) is 9.30. The van der Waals surface area contributed by atoms with Crippen molar-refractivity contribution >= 4 is 23.6 Å². The van der Waals surface area contributed by atoms with Crippen LogP contribution in [-0.2, 0) is 9.59 Å². The Hall–Kier alpha value is -0.750. The summed E-state index contributed by atoms with van der Waals surface area (Å²) >= 11 is 1.43. The molecule has 0 saturated carbocycles. The zero-order valence-corrected chi connectivity index (χ0v) is 11.3. The fourth-order valence-corrected chi connectivity index (χ4v) is 2.08. The summed E-state index contributed by atoms with van der Waals surface area (Å²) in [7, 11) is 0. The van der Waals surface area contributed by atoms with Gasteiger partial charge in [0.25, 0.3) is 0 Å². The van der Waals surface area contributed by atoms with E-state index in [0.29, 0.717) is 18.7 Å². The number of hydrogen-bond acceptors (Lipinski definition) is 4. The molecule has 5 nitrogen and oxygen atoms in total. The number of carboxylic acid groups (broad SMARTS) is 1. The Bertz CT molecular complexity index is 249. The SMILES string of the molecule is CCCCNC(=O)C(C)SCCC(N)C(=O)O. The van der Waals surface area contributed by atoms with E-state index in [0.717, 1.165) is 12.8 Å². The zero-order chi connectivity index (χ0) is 13.3. The summed E-state index contributed by atoms with van der Waals surface area (Å²) in [6.45, 7) is 4.59. The van der Waals surface area contributed by atoms with Gasteiger partial charge in [-0.3, -0.25) is 9.59 Å². The van der Waals surface area contributed by atoms with Crippen LogP contribution >= 0.6 is 11.8 Å². The number of carbonyl (C=O) groups is 2. The maximum absolute atomic E-state index is 11.5. The van der Waals surface area contributed by atoms with Gasteiger partial charge in [0.05, 0.1) is 5.25 Å². The number of aliphatic carboxylic acids is 1. The molecule has 0 aromatic carbocycles. The van der Waals surface area contributed by atoms with Crippen LogP contribution in [-0.4, -0.2) is 40.6 Å². The van der Waals surface area contributed by atoms with E-state index >= 15 is 0 Å². The zero-order valence-electron chi connectivity index (χ0n) is 10.4. The highest BCUT2D eigenvalue weighted by Crippen LogP contribution is 2.12. The van der Waals surface area contributed by atoms with Crippen LogP contribution in [0.3, 0.4) is 0 Å². The minimum absolute atomic E-state index is 0.00680. The lowest BCUT2D eigenvalue weighted by atomic mass is 10.2. The van der Waals surface area contributed by atoms with Crippen molar-refractivity contribution in [1.82, 2.24) is 5.32 Å². The lowest BCUT2D eigenvalue weighted by molar-refractivity contribution is -0.138. The Kier molecular flexibility index (Phi) is 8.89. The summed E-state index contributed by atoms with van der Waals surface area (Å²) in [5.41, 5.74) is 5.36. The van der Waals surface area contributed by atoms with Crippen molar-refractivity contribution in [2.75, 3.05) is 12.3 Å². The Morgan fingerprint density at radius 1 is 1.47 bits per heavy atom. The molecule has 0 aliphatic carbocycles. The number of thioether (sulfide) groups is 1. The van der Waals surface area contributed by atoms with Crippen LogP contribution in [0, 0.1) is 0 Å². The quantitative estimate of drug-likeness (QED) is 0.535. The van der Waals surface area contributed by atoms with E-state index in [1.54, 1.807) is 0 Å². The first kappa shape index (κ1) is 16.2. The highest BCUT2D eigenvalue weighted by Gasteiger charge is 2.15. The number of unbranched alkanes of at least 4 members (excludes halogenated alkanes) is 1. The first-order valence-corrected chi connectivity index (χ1v) is 6.91. The minimum atomic E-state index is -0.995. The minimum Gasteiger partial charge on any atom is -0.480 e.